The molecular weight excluding hydrogens is 332 g/mol. The fourth-order valence-corrected chi connectivity index (χ4v) is 7.85. The van der Waals surface area contributed by atoms with Gasteiger partial charge in [0.05, 0.1) is 6.10 Å². The van der Waals surface area contributed by atoms with Gasteiger partial charge < -0.3 is 15.3 Å². The van der Waals surface area contributed by atoms with Crippen LogP contribution in [0.5, 0.6) is 0 Å². The maximum absolute atomic E-state index is 12.3. The second-order valence-electron chi connectivity index (χ2n) is 9.74. The van der Waals surface area contributed by atoms with Crippen molar-refractivity contribution in [2.75, 3.05) is 13.2 Å². The second-order valence-corrected chi connectivity index (χ2v) is 9.74. The topological polar surface area (TPSA) is 94.8 Å². The quantitative estimate of drug-likeness (QED) is 0.709. The molecular formula is C21H32O5. The lowest BCUT2D eigenvalue weighted by Gasteiger charge is -2.62. The van der Waals surface area contributed by atoms with Crippen LogP contribution in [0.2, 0.25) is 0 Å². The number of Topliss-reactive ketones (excluding diaryl/α,β-unsaturated/α-hetero) is 2. The Labute approximate surface area is 155 Å². The van der Waals surface area contributed by atoms with Crippen molar-refractivity contribution >= 4 is 11.6 Å². The molecule has 0 aromatic heterocycles. The van der Waals surface area contributed by atoms with Crippen molar-refractivity contribution in [3.05, 3.63) is 0 Å². The zero-order valence-electron chi connectivity index (χ0n) is 15.7. The average molecular weight is 364 g/mol. The molecule has 0 amide bonds. The minimum absolute atomic E-state index is 0.0169. The van der Waals surface area contributed by atoms with Crippen molar-refractivity contribution in [2.24, 2.45) is 40.4 Å². The Bertz CT molecular complexity index is 603. The maximum atomic E-state index is 12.3. The predicted octanol–water partition coefficient (Wildman–Crippen LogP) is 1.72. The fraction of sp³-hybridized carbons (Fsp3) is 0.905. The molecule has 146 valence electrons. The standard InChI is InChI=1S/C21H32O5/c1-20-7-6-13(24)8-12(20)2-3-14-15-4-5-16(18(26)10-22)21(15,11-23)9-17(25)19(14)20/h12,14-17,19,22-23,25H,2-11H2,1H3/t12-,14+,15+,16-,17+,19-,20+,21-/m1/s1. The number of carbonyl (C=O) groups is 2. The summed E-state index contributed by atoms with van der Waals surface area (Å²) in [7, 11) is 0. The van der Waals surface area contributed by atoms with Crippen LogP contribution in [0.1, 0.15) is 58.3 Å². The van der Waals surface area contributed by atoms with E-state index >= 15 is 0 Å². The minimum atomic E-state index is -0.575. The molecule has 4 rings (SSSR count). The normalized spacial score (nSPS) is 50.7. The van der Waals surface area contributed by atoms with Crippen LogP contribution in [-0.2, 0) is 9.59 Å². The van der Waals surface area contributed by atoms with Crippen LogP contribution in [0.25, 0.3) is 0 Å². The highest BCUT2D eigenvalue weighted by molar-refractivity contribution is 5.83. The van der Waals surface area contributed by atoms with Crippen LogP contribution in [0.15, 0.2) is 0 Å². The summed E-state index contributed by atoms with van der Waals surface area (Å²) >= 11 is 0. The summed E-state index contributed by atoms with van der Waals surface area (Å²) < 4.78 is 0. The third-order valence-electron chi connectivity index (χ3n) is 8.98. The van der Waals surface area contributed by atoms with Gasteiger partial charge in [0.15, 0.2) is 5.78 Å². The van der Waals surface area contributed by atoms with Gasteiger partial charge in [0.25, 0.3) is 0 Å². The fourth-order valence-electron chi connectivity index (χ4n) is 7.85. The molecule has 5 nitrogen and oxygen atoms in total. The Morgan fingerprint density at radius 2 is 1.96 bits per heavy atom. The summed E-state index contributed by atoms with van der Waals surface area (Å²) in [4.78, 5) is 24.3. The van der Waals surface area contributed by atoms with Crippen LogP contribution >= 0.6 is 0 Å². The van der Waals surface area contributed by atoms with Crippen molar-refractivity contribution in [3.63, 3.8) is 0 Å². The monoisotopic (exact) mass is 364 g/mol. The maximum Gasteiger partial charge on any atom is 0.161 e. The molecule has 0 saturated heterocycles. The molecule has 0 heterocycles. The summed E-state index contributed by atoms with van der Waals surface area (Å²) in [6, 6.07) is 0. The Kier molecular flexibility index (Phi) is 4.56. The molecule has 3 N–H and O–H groups in total. The number of ketones is 2. The van der Waals surface area contributed by atoms with Crippen LogP contribution in [0.3, 0.4) is 0 Å². The van der Waals surface area contributed by atoms with Gasteiger partial charge in [-0.05, 0) is 67.6 Å². The van der Waals surface area contributed by atoms with Gasteiger partial charge in [-0.1, -0.05) is 6.92 Å². The number of carbonyl (C=O) groups excluding carboxylic acids is 2. The lowest BCUT2D eigenvalue weighted by molar-refractivity contribution is -0.185. The minimum Gasteiger partial charge on any atom is -0.396 e. The van der Waals surface area contributed by atoms with Gasteiger partial charge in [0, 0.05) is 30.8 Å². The van der Waals surface area contributed by atoms with Crippen molar-refractivity contribution in [2.45, 2.75) is 64.4 Å². The van der Waals surface area contributed by atoms with Crippen molar-refractivity contribution in [1.82, 2.24) is 0 Å². The van der Waals surface area contributed by atoms with Crippen LogP contribution in [0.4, 0.5) is 0 Å². The molecule has 0 spiro atoms. The molecule has 26 heavy (non-hydrogen) atoms. The number of hydrogen-bond acceptors (Lipinski definition) is 5. The molecule has 0 unspecified atom stereocenters. The van der Waals surface area contributed by atoms with E-state index in [-0.39, 0.29) is 35.6 Å². The van der Waals surface area contributed by atoms with Crippen LogP contribution in [0, 0.1) is 40.4 Å². The lowest BCUT2D eigenvalue weighted by atomic mass is 9.43. The number of rotatable bonds is 3. The summed E-state index contributed by atoms with van der Waals surface area (Å²) in [5, 5.41) is 30.9. The van der Waals surface area contributed by atoms with Gasteiger partial charge in [-0.15, -0.1) is 0 Å². The highest BCUT2D eigenvalue weighted by Crippen LogP contribution is 2.67. The third kappa shape index (κ3) is 2.39. The highest BCUT2D eigenvalue weighted by Gasteiger charge is 2.65. The molecule has 0 aromatic rings. The SMILES string of the molecule is C[C@]12CCC(=O)C[C@H]1CC[C@@H]1[C@@H]2[C@@H](O)C[C@]2(CO)[C@@H](C(=O)CO)CC[C@@H]12. The van der Waals surface area contributed by atoms with E-state index in [1.807, 2.05) is 0 Å². The molecule has 0 radical (unpaired) electrons. The van der Waals surface area contributed by atoms with Crippen molar-refractivity contribution < 1.29 is 24.9 Å². The summed E-state index contributed by atoms with van der Waals surface area (Å²) in [6.45, 7) is 1.69. The first-order chi connectivity index (χ1) is 12.4. The van der Waals surface area contributed by atoms with Crippen molar-refractivity contribution in [3.8, 4) is 0 Å². The van der Waals surface area contributed by atoms with E-state index in [4.69, 9.17) is 0 Å². The van der Waals surface area contributed by atoms with E-state index in [0.717, 1.165) is 25.7 Å². The lowest BCUT2D eigenvalue weighted by Crippen LogP contribution is -2.60. The van der Waals surface area contributed by atoms with Crippen molar-refractivity contribution in [1.29, 1.82) is 0 Å². The van der Waals surface area contributed by atoms with Gasteiger partial charge in [0.1, 0.15) is 12.4 Å². The molecule has 0 aromatic carbocycles. The molecule has 4 fully saturated rings. The van der Waals surface area contributed by atoms with Gasteiger partial charge in [-0.2, -0.15) is 0 Å². The molecule has 5 heteroatoms. The molecule has 0 bridgehead atoms. The van der Waals surface area contributed by atoms with E-state index in [0.29, 0.717) is 43.3 Å². The molecule has 4 aliphatic carbocycles. The molecule has 4 aliphatic rings. The van der Waals surface area contributed by atoms with E-state index in [1.165, 1.54) is 0 Å². The Morgan fingerprint density at radius 3 is 2.65 bits per heavy atom. The second kappa shape index (κ2) is 6.39. The smallest absolute Gasteiger partial charge is 0.161 e. The van der Waals surface area contributed by atoms with Gasteiger partial charge in [0.2, 0.25) is 0 Å². The third-order valence-corrected chi connectivity index (χ3v) is 8.98. The Balaban J connectivity index is 1.69. The summed E-state index contributed by atoms with van der Waals surface area (Å²) in [5.41, 5.74) is -0.592. The number of fused-ring (bicyclic) bond motifs is 5. The van der Waals surface area contributed by atoms with E-state index in [9.17, 15) is 24.9 Å². The summed E-state index contributed by atoms with van der Waals surface area (Å²) in [6.07, 6.45) is 5.60. The van der Waals surface area contributed by atoms with Crippen LogP contribution < -0.4 is 0 Å². The molecule has 4 saturated carbocycles. The summed E-state index contributed by atoms with van der Waals surface area (Å²) in [5.74, 6) is 0.885. The van der Waals surface area contributed by atoms with E-state index in [1.54, 1.807) is 0 Å². The number of aliphatic hydroxyl groups excluding tert-OH is 3. The molecule has 0 aliphatic heterocycles. The highest BCUT2D eigenvalue weighted by atomic mass is 16.3. The Morgan fingerprint density at radius 1 is 1.19 bits per heavy atom. The number of aliphatic hydroxyl groups is 3. The van der Waals surface area contributed by atoms with Gasteiger partial charge in [-0.3, -0.25) is 9.59 Å². The molecule has 8 atom stereocenters. The van der Waals surface area contributed by atoms with E-state index < -0.39 is 18.1 Å². The predicted molar refractivity (Wildman–Crippen MR) is 95.1 cm³/mol. The van der Waals surface area contributed by atoms with Crippen LogP contribution in [-0.4, -0.2) is 46.2 Å². The first kappa shape index (κ1) is 18.6. The Hall–Kier alpha value is -0.780. The number of hydrogen-bond donors (Lipinski definition) is 3. The van der Waals surface area contributed by atoms with Gasteiger partial charge >= 0.3 is 0 Å². The first-order valence-electron chi connectivity index (χ1n) is 10.3. The zero-order chi connectivity index (χ0) is 18.7. The zero-order valence-corrected chi connectivity index (χ0v) is 15.7. The average Bonchev–Trinajstić information content (AvgIpc) is 3.00. The van der Waals surface area contributed by atoms with E-state index in [2.05, 4.69) is 6.92 Å². The van der Waals surface area contributed by atoms with Gasteiger partial charge in [-0.25, -0.2) is 0 Å². The first-order valence-corrected chi connectivity index (χ1v) is 10.3. The largest absolute Gasteiger partial charge is 0.396 e.